The summed E-state index contributed by atoms with van der Waals surface area (Å²) in [7, 11) is 0. The number of pyridine rings is 1. The van der Waals surface area contributed by atoms with E-state index in [9.17, 15) is 4.79 Å². The maximum absolute atomic E-state index is 12.1. The van der Waals surface area contributed by atoms with Crippen molar-refractivity contribution in [1.82, 2.24) is 15.5 Å². The highest BCUT2D eigenvalue weighted by Gasteiger charge is 2.11. The van der Waals surface area contributed by atoms with Crippen molar-refractivity contribution in [3.63, 3.8) is 0 Å². The standard InChI is InChI=1S/C15H20N4O2/c1-4-7-16-14-6-5-12(8-17-14)15(20)18-9-13-10(2)19-21-11(13)3/h5-6,8H,4,7,9H2,1-3H3,(H,16,17)(H,18,20). The van der Waals surface area contributed by atoms with Gasteiger partial charge in [-0.05, 0) is 32.4 Å². The van der Waals surface area contributed by atoms with Crippen molar-refractivity contribution in [2.45, 2.75) is 33.7 Å². The van der Waals surface area contributed by atoms with Crippen LogP contribution in [0.5, 0.6) is 0 Å². The van der Waals surface area contributed by atoms with Crippen LogP contribution in [0, 0.1) is 13.8 Å². The van der Waals surface area contributed by atoms with Crippen LogP contribution in [0.1, 0.15) is 40.7 Å². The van der Waals surface area contributed by atoms with Crippen LogP contribution in [0.3, 0.4) is 0 Å². The van der Waals surface area contributed by atoms with Gasteiger partial charge in [-0.3, -0.25) is 4.79 Å². The number of amides is 1. The van der Waals surface area contributed by atoms with Crippen molar-refractivity contribution in [2.75, 3.05) is 11.9 Å². The number of carbonyl (C=O) groups excluding carboxylic acids is 1. The fourth-order valence-corrected chi connectivity index (χ4v) is 1.91. The predicted molar refractivity (Wildman–Crippen MR) is 80.2 cm³/mol. The van der Waals surface area contributed by atoms with Crippen LogP contribution in [0.15, 0.2) is 22.9 Å². The van der Waals surface area contributed by atoms with E-state index in [1.54, 1.807) is 18.3 Å². The van der Waals surface area contributed by atoms with Gasteiger partial charge >= 0.3 is 0 Å². The first-order valence-electron chi connectivity index (χ1n) is 7.01. The maximum Gasteiger partial charge on any atom is 0.253 e. The first kappa shape index (κ1) is 15.0. The van der Waals surface area contributed by atoms with Crippen molar-refractivity contribution in [3.8, 4) is 0 Å². The summed E-state index contributed by atoms with van der Waals surface area (Å²) in [4.78, 5) is 16.3. The average Bonchev–Trinajstić information content (AvgIpc) is 2.82. The second-order valence-electron chi connectivity index (χ2n) is 4.84. The number of anilines is 1. The molecular weight excluding hydrogens is 268 g/mol. The molecule has 0 aliphatic carbocycles. The molecular formula is C15H20N4O2. The van der Waals surface area contributed by atoms with E-state index in [4.69, 9.17) is 4.52 Å². The molecule has 0 spiro atoms. The van der Waals surface area contributed by atoms with Crippen LogP contribution < -0.4 is 10.6 Å². The van der Waals surface area contributed by atoms with Crippen molar-refractivity contribution >= 4 is 11.7 Å². The summed E-state index contributed by atoms with van der Waals surface area (Å²) in [5.41, 5.74) is 2.24. The molecule has 21 heavy (non-hydrogen) atoms. The van der Waals surface area contributed by atoms with Crippen LogP contribution in [0.25, 0.3) is 0 Å². The van der Waals surface area contributed by atoms with Gasteiger partial charge in [0.1, 0.15) is 11.6 Å². The Bertz CT molecular complexity index is 585. The lowest BCUT2D eigenvalue weighted by atomic mass is 10.2. The first-order valence-corrected chi connectivity index (χ1v) is 7.01. The summed E-state index contributed by atoms with van der Waals surface area (Å²) in [6, 6.07) is 3.56. The zero-order valence-electron chi connectivity index (χ0n) is 12.6. The third-order valence-corrected chi connectivity index (χ3v) is 3.19. The molecule has 0 bridgehead atoms. The van der Waals surface area contributed by atoms with E-state index in [1.165, 1.54) is 0 Å². The highest BCUT2D eigenvalue weighted by atomic mass is 16.5. The Morgan fingerprint density at radius 3 is 2.71 bits per heavy atom. The van der Waals surface area contributed by atoms with E-state index in [0.29, 0.717) is 12.1 Å². The second kappa shape index (κ2) is 6.88. The number of aryl methyl sites for hydroxylation is 2. The summed E-state index contributed by atoms with van der Waals surface area (Å²) < 4.78 is 5.06. The van der Waals surface area contributed by atoms with Crippen molar-refractivity contribution in [2.24, 2.45) is 0 Å². The van der Waals surface area contributed by atoms with Crippen molar-refractivity contribution in [1.29, 1.82) is 0 Å². The van der Waals surface area contributed by atoms with Gasteiger partial charge in [0, 0.05) is 24.8 Å². The van der Waals surface area contributed by atoms with Gasteiger partial charge in [-0.25, -0.2) is 4.98 Å². The van der Waals surface area contributed by atoms with Gasteiger partial charge in [0.2, 0.25) is 0 Å². The number of rotatable bonds is 6. The van der Waals surface area contributed by atoms with Crippen molar-refractivity contribution < 1.29 is 9.32 Å². The van der Waals surface area contributed by atoms with Crippen LogP contribution in [-0.2, 0) is 6.54 Å². The molecule has 1 amide bonds. The lowest BCUT2D eigenvalue weighted by Crippen LogP contribution is -2.23. The molecule has 6 heteroatoms. The van der Waals surface area contributed by atoms with Gasteiger partial charge in [-0.2, -0.15) is 0 Å². The zero-order valence-corrected chi connectivity index (χ0v) is 12.6. The van der Waals surface area contributed by atoms with E-state index < -0.39 is 0 Å². The van der Waals surface area contributed by atoms with Crippen LogP contribution in [-0.4, -0.2) is 22.6 Å². The molecule has 0 aliphatic heterocycles. The lowest BCUT2D eigenvalue weighted by Gasteiger charge is -2.06. The van der Waals surface area contributed by atoms with E-state index in [1.807, 2.05) is 13.8 Å². The van der Waals surface area contributed by atoms with Gasteiger partial charge in [0.25, 0.3) is 5.91 Å². The van der Waals surface area contributed by atoms with Crippen molar-refractivity contribution in [3.05, 3.63) is 40.9 Å². The van der Waals surface area contributed by atoms with E-state index in [-0.39, 0.29) is 5.91 Å². The maximum atomic E-state index is 12.1. The number of nitrogens with zero attached hydrogens (tertiary/aromatic N) is 2. The first-order chi connectivity index (χ1) is 10.1. The minimum atomic E-state index is -0.162. The normalized spacial score (nSPS) is 10.4. The number of aromatic nitrogens is 2. The minimum absolute atomic E-state index is 0.162. The fourth-order valence-electron chi connectivity index (χ4n) is 1.91. The molecule has 6 nitrogen and oxygen atoms in total. The molecule has 0 saturated heterocycles. The monoisotopic (exact) mass is 288 g/mol. The van der Waals surface area contributed by atoms with Crippen LogP contribution >= 0.6 is 0 Å². The SMILES string of the molecule is CCCNc1ccc(C(=O)NCc2c(C)noc2C)cn1. The Morgan fingerprint density at radius 2 is 2.14 bits per heavy atom. The Morgan fingerprint density at radius 1 is 1.33 bits per heavy atom. The molecule has 2 aromatic heterocycles. The zero-order chi connectivity index (χ0) is 15.2. The molecule has 2 heterocycles. The smallest absolute Gasteiger partial charge is 0.253 e. The molecule has 2 aromatic rings. The molecule has 0 saturated carbocycles. The Hall–Kier alpha value is -2.37. The largest absolute Gasteiger partial charge is 0.370 e. The number of nitrogens with one attached hydrogen (secondary N) is 2. The molecule has 0 radical (unpaired) electrons. The highest BCUT2D eigenvalue weighted by molar-refractivity contribution is 5.94. The second-order valence-corrected chi connectivity index (χ2v) is 4.84. The molecule has 0 aromatic carbocycles. The molecule has 0 fully saturated rings. The average molecular weight is 288 g/mol. The van der Waals surface area contributed by atoms with E-state index >= 15 is 0 Å². The lowest BCUT2D eigenvalue weighted by molar-refractivity contribution is 0.0950. The third kappa shape index (κ3) is 3.81. The number of hydrogen-bond donors (Lipinski definition) is 2. The molecule has 0 aliphatic rings. The highest BCUT2D eigenvalue weighted by Crippen LogP contribution is 2.12. The summed E-state index contributed by atoms with van der Waals surface area (Å²) >= 11 is 0. The summed E-state index contributed by atoms with van der Waals surface area (Å²) in [6.45, 7) is 7.04. The topological polar surface area (TPSA) is 80.0 Å². The van der Waals surface area contributed by atoms with Gasteiger partial charge in [-0.1, -0.05) is 12.1 Å². The molecule has 2 rings (SSSR count). The summed E-state index contributed by atoms with van der Waals surface area (Å²) in [5, 5.41) is 9.87. The third-order valence-electron chi connectivity index (χ3n) is 3.19. The number of hydrogen-bond acceptors (Lipinski definition) is 5. The Labute approximate surface area is 123 Å². The minimum Gasteiger partial charge on any atom is -0.370 e. The van der Waals surface area contributed by atoms with Crippen LogP contribution in [0.4, 0.5) is 5.82 Å². The van der Waals surface area contributed by atoms with Gasteiger partial charge < -0.3 is 15.2 Å². The van der Waals surface area contributed by atoms with Gasteiger partial charge in [0.05, 0.1) is 11.3 Å². The van der Waals surface area contributed by atoms with Crippen LogP contribution in [0.2, 0.25) is 0 Å². The Kier molecular flexibility index (Phi) is 4.92. The summed E-state index contributed by atoms with van der Waals surface area (Å²) in [6.07, 6.45) is 2.60. The quantitative estimate of drug-likeness (QED) is 0.853. The Balaban J connectivity index is 1.94. The molecule has 0 atom stereocenters. The van der Waals surface area contributed by atoms with Gasteiger partial charge in [-0.15, -0.1) is 0 Å². The molecule has 112 valence electrons. The van der Waals surface area contributed by atoms with E-state index in [0.717, 1.165) is 35.8 Å². The summed E-state index contributed by atoms with van der Waals surface area (Å²) in [5.74, 6) is 1.34. The van der Waals surface area contributed by atoms with Gasteiger partial charge in [0.15, 0.2) is 0 Å². The number of carbonyl (C=O) groups is 1. The molecule has 0 unspecified atom stereocenters. The fraction of sp³-hybridized carbons (Fsp3) is 0.400. The molecule has 2 N–H and O–H groups in total. The predicted octanol–water partition coefficient (Wildman–Crippen LogP) is 2.44. The van der Waals surface area contributed by atoms with E-state index in [2.05, 4.69) is 27.7 Å².